The van der Waals surface area contributed by atoms with Gasteiger partial charge in [-0.3, -0.25) is 4.79 Å². The van der Waals surface area contributed by atoms with Crippen LogP contribution in [0.15, 0.2) is 66.0 Å². The topological polar surface area (TPSA) is 38.3 Å². The highest BCUT2D eigenvalue weighted by Gasteiger charge is 2.06. The molecule has 0 bridgehead atoms. The van der Waals surface area contributed by atoms with Crippen LogP contribution in [-0.4, -0.2) is 5.91 Å². The summed E-state index contributed by atoms with van der Waals surface area (Å²) in [5, 5.41) is 5.44. The van der Waals surface area contributed by atoms with Gasteiger partial charge in [0.05, 0.1) is 4.88 Å². The van der Waals surface area contributed by atoms with Gasteiger partial charge in [-0.05, 0) is 53.4 Å². The summed E-state index contributed by atoms with van der Waals surface area (Å²) in [5.74, 6) is 0.643. The maximum absolute atomic E-state index is 12.0. The minimum absolute atomic E-state index is 0.102. The lowest BCUT2D eigenvalue weighted by Gasteiger charge is -2.08. The third kappa shape index (κ3) is 4.34. The second-order valence-electron chi connectivity index (χ2n) is 4.87. The highest BCUT2D eigenvalue weighted by molar-refractivity contribution is 7.12. The minimum atomic E-state index is -0.102. The number of benzene rings is 2. The van der Waals surface area contributed by atoms with Crippen LogP contribution in [0.1, 0.15) is 15.2 Å². The van der Waals surface area contributed by atoms with E-state index in [1.165, 1.54) is 11.3 Å². The number of hydrogen-bond donors (Lipinski definition) is 1. The van der Waals surface area contributed by atoms with Crippen LogP contribution in [0.2, 0.25) is 5.02 Å². The monoisotopic (exact) mass is 343 g/mol. The lowest BCUT2D eigenvalue weighted by atomic mass is 10.2. The van der Waals surface area contributed by atoms with Crippen molar-refractivity contribution in [3.63, 3.8) is 0 Å². The fourth-order valence-corrected chi connectivity index (χ4v) is 2.73. The fraction of sp³-hybridized carbons (Fsp3) is 0.0556. The zero-order chi connectivity index (χ0) is 16.1. The molecule has 0 saturated carbocycles. The molecule has 0 radical (unpaired) electrons. The molecule has 0 atom stereocenters. The summed E-state index contributed by atoms with van der Waals surface area (Å²) in [6, 6.07) is 18.5. The Hall–Kier alpha value is -2.30. The van der Waals surface area contributed by atoms with Crippen LogP contribution in [0.3, 0.4) is 0 Å². The molecule has 116 valence electrons. The van der Waals surface area contributed by atoms with Crippen LogP contribution in [0, 0.1) is 0 Å². The first kappa shape index (κ1) is 15.6. The van der Waals surface area contributed by atoms with E-state index in [0.717, 1.165) is 17.0 Å². The normalized spacial score (nSPS) is 10.3. The maximum atomic E-state index is 12.0. The first-order chi connectivity index (χ1) is 11.2. The smallest absolute Gasteiger partial charge is 0.265 e. The van der Waals surface area contributed by atoms with Crippen molar-refractivity contribution < 1.29 is 9.53 Å². The fourth-order valence-electron chi connectivity index (χ4n) is 1.98. The minimum Gasteiger partial charge on any atom is -0.489 e. The van der Waals surface area contributed by atoms with E-state index in [2.05, 4.69) is 5.32 Å². The predicted octanol–water partition coefficient (Wildman–Crippen LogP) is 5.23. The standard InChI is InChI=1S/C18H14ClNO2S/c19-14-5-3-13(4-6-14)12-22-16-9-7-15(8-10-16)20-18(21)17-2-1-11-23-17/h1-11H,12H2,(H,20,21). The molecule has 0 aliphatic carbocycles. The summed E-state index contributed by atoms with van der Waals surface area (Å²) in [6.07, 6.45) is 0. The van der Waals surface area contributed by atoms with Crippen LogP contribution in [0.5, 0.6) is 5.75 Å². The van der Waals surface area contributed by atoms with Crippen molar-refractivity contribution in [2.24, 2.45) is 0 Å². The van der Waals surface area contributed by atoms with E-state index >= 15 is 0 Å². The van der Waals surface area contributed by atoms with E-state index < -0.39 is 0 Å². The van der Waals surface area contributed by atoms with Crippen molar-refractivity contribution in [3.05, 3.63) is 81.5 Å². The van der Waals surface area contributed by atoms with E-state index in [-0.39, 0.29) is 5.91 Å². The summed E-state index contributed by atoms with van der Waals surface area (Å²) in [7, 11) is 0. The second kappa shape index (κ2) is 7.31. The molecular formula is C18H14ClNO2S. The zero-order valence-corrected chi connectivity index (χ0v) is 13.7. The molecule has 0 saturated heterocycles. The van der Waals surface area contributed by atoms with Gasteiger partial charge in [0.15, 0.2) is 0 Å². The molecule has 3 nitrogen and oxygen atoms in total. The molecule has 1 N–H and O–H groups in total. The van der Waals surface area contributed by atoms with Crippen molar-refractivity contribution >= 4 is 34.5 Å². The number of rotatable bonds is 5. The molecule has 0 aliphatic heterocycles. The lowest BCUT2D eigenvalue weighted by molar-refractivity contribution is 0.103. The second-order valence-corrected chi connectivity index (χ2v) is 6.26. The van der Waals surface area contributed by atoms with Gasteiger partial charge in [-0.25, -0.2) is 0 Å². The molecule has 1 amide bonds. The van der Waals surface area contributed by atoms with Gasteiger partial charge in [0.2, 0.25) is 0 Å². The van der Waals surface area contributed by atoms with Gasteiger partial charge in [-0.15, -0.1) is 11.3 Å². The highest BCUT2D eigenvalue weighted by Crippen LogP contribution is 2.19. The molecule has 1 heterocycles. The molecule has 0 aliphatic rings. The van der Waals surface area contributed by atoms with Crippen LogP contribution in [-0.2, 0) is 6.61 Å². The Morgan fingerprint density at radius 3 is 2.43 bits per heavy atom. The van der Waals surface area contributed by atoms with Gasteiger partial charge >= 0.3 is 0 Å². The lowest BCUT2D eigenvalue weighted by Crippen LogP contribution is -2.09. The molecule has 0 spiro atoms. The van der Waals surface area contributed by atoms with Crippen molar-refractivity contribution in [1.82, 2.24) is 0 Å². The van der Waals surface area contributed by atoms with Crippen LogP contribution < -0.4 is 10.1 Å². The predicted molar refractivity (Wildman–Crippen MR) is 94.5 cm³/mol. The number of halogens is 1. The van der Waals surface area contributed by atoms with Crippen molar-refractivity contribution in [3.8, 4) is 5.75 Å². The summed E-state index contributed by atoms with van der Waals surface area (Å²) >= 11 is 7.26. The van der Waals surface area contributed by atoms with Crippen molar-refractivity contribution in [2.45, 2.75) is 6.61 Å². The molecule has 2 aromatic carbocycles. The Balaban J connectivity index is 1.56. The van der Waals surface area contributed by atoms with E-state index in [4.69, 9.17) is 16.3 Å². The number of carbonyl (C=O) groups is 1. The van der Waals surface area contributed by atoms with E-state index in [1.807, 2.05) is 60.0 Å². The molecular weight excluding hydrogens is 330 g/mol. The third-order valence-corrected chi connectivity index (χ3v) is 4.30. The first-order valence-electron chi connectivity index (χ1n) is 7.03. The maximum Gasteiger partial charge on any atom is 0.265 e. The largest absolute Gasteiger partial charge is 0.489 e. The van der Waals surface area contributed by atoms with Gasteiger partial charge in [0.25, 0.3) is 5.91 Å². The average Bonchev–Trinajstić information content (AvgIpc) is 3.10. The van der Waals surface area contributed by atoms with E-state index in [1.54, 1.807) is 6.07 Å². The third-order valence-electron chi connectivity index (χ3n) is 3.18. The van der Waals surface area contributed by atoms with Gasteiger partial charge in [0, 0.05) is 10.7 Å². The molecule has 5 heteroatoms. The number of amides is 1. The van der Waals surface area contributed by atoms with Crippen LogP contribution in [0.4, 0.5) is 5.69 Å². The first-order valence-corrected chi connectivity index (χ1v) is 8.28. The van der Waals surface area contributed by atoms with Gasteiger partial charge in [0.1, 0.15) is 12.4 Å². The van der Waals surface area contributed by atoms with Crippen molar-refractivity contribution in [1.29, 1.82) is 0 Å². The average molecular weight is 344 g/mol. The molecule has 23 heavy (non-hydrogen) atoms. The summed E-state index contributed by atoms with van der Waals surface area (Å²) in [4.78, 5) is 12.6. The SMILES string of the molecule is O=C(Nc1ccc(OCc2ccc(Cl)cc2)cc1)c1cccs1. The van der Waals surface area contributed by atoms with E-state index in [9.17, 15) is 4.79 Å². The van der Waals surface area contributed by atoms with Crippen LogP contribution >= 0.6 is 22.9 Å². The van der Waals surface area contributed by atoms with Crippen LogP contribution in [0.25, 0.3) is 0 Å². The number of nitrogens with one attached hydrogen (secondary N) is 1. The number of thiophene rings is 1. The van der Waals surface area contributed by atoms with Gasteiger partial charge in [-0.1, -0.05) is 29.8 Å². The van der Waals surface area contributed by atoms with E-state index in [0.29, 0.717) is 16.5 Å². The van der Waals surface area contributed by atoms with Gasteiger partial charge in [-0.2, -0.15) is 0 Å². The van der Waals surface area contributed by atoms with Gasteiger partial charge < -0.3 is 10.1 Å². The Labute approximate surface area is 143 Å². The van der Waals surface area contributed by atoms with Crippen molar-refractivity contribution in [2.75, 3.05) is 5.32 Å². The quantitative estimate of drug-likeness (QED) is 0.688. The molecule has 3 aromatic rings. The number of hydrogen-bond acceptors (Lipinski definition) is 3. The Kier molecular flexibility index (Phi) is 4.95. The summed E-state index contributed by atoms with van der Waals surface area (Å²) in [6.45, 7) is 0.470. The number of carbonyl (C=O) groups excluding carboxylic acids is 1. The Morgan fingerprint density at radius 1 is 1.04 bits per heavy atom. The summed E-state index contributed by atoms with van der Waals surface area (Å²) < 4.78 is 5.71. The summed E-state index contributed by atoms with van der Waals surface area (Å²) in [5.41, 5.74) is 1.78. The highest BCUT2D eigenvalue weighted by atomic mass is 35.5. The number of ether oxygens (including phenoxy) is 1. The molecule has 1 aromatic heterocycles. The number of anilines is 1. The molecule has 0 fully saturated rings. The molecule has 3 rings (SSSR count). The Morgan fingerprint density at radius 2 is 1.78 bits per heavy atom. The Bertz CT molecular complexity index is 768. The zero-order valence-electron chi connectivity index (χ0n) is 12.2. The molecule has 0 unspecified atom stereocenters.